The van der Waals surface area contributed by atoms with Crippen LogP contribution in [0.5, 0.6) is 5.88 Å². The molecule has 3 aromatic rings. The summed E-state index contributed by atoms with van der Waals surface area (Å²) < 4.78 is 30.5. The van der Waals surface area contributed by atoms with Crippen molar-refractivity contribution in [2.45, 2.75) is 13.2 Å². The molecule has 0 amide bonds. The fraction of sp³-hybridized carbons (Fsp3) is 0.133. The van der Waals surface area contributed by atoms with E-state index in [-0.39, 0.29) is 11.0 Å². The lowest BCUT2D eigenvalue weighted by Crippen LogP contribution is -2.06. The van der Waals surface area contributed by atoms with E-state index in [1.54, 1.807) is 17.1 Å². The quantitative estimate of drug-likeness (QED) is 0.650. The van der Waals surface area contributed by atoms with Crippen LogP contribution in [0.15, 0.2) is 42.9 Å². The number of aromatic nitrogens is 4. The van der Waals surface area contributed by atoms with Crippen molar-refractivity contribution in [2.24, 2.45) is 0 Å². The van der Waals surface area contributed by atoms with Crippen LogP contribution < -0.4 is 15.8 Å². The minimum absolute atomic E-state index is 0.0621. The number of rotatable bonds is 6. The van der Waals surface area contributed by atoms with Gasteiger partial charge in [-0.05, 0) is 17.7 Å². The first kappa shape index (κ1) is 16.9. The van der Waals surface area contributed by atoms with Crippen LogP contribution in [0, 0.1) is 0 Å². The number of nitrogen functional groups attached to an aromatic ring is 1. The Kier molecular flexibility index (Phi) is 4.94. The number of nitrogens with one attached hydrogen (secondary N) is 1. The summed E-state index contributed by atoms with van der Waals surface area (Å²) in [5.41, 5.74) is 7.95. The number of hydrogen-bond donors (Lipinski definition) is 2. The van der Waals surface area contributed by atoms with Crippen LogP contribution in [0.2, 0.25) is 5.02 Å². The van der Waals surface area contributed by atoms with Crippen molar-refractivity contribution in [3.8, 4) is 5.88 Å². The zero-order valence-corrected chi connectivity index (χ0v) is 13.5. The second-order valence-electron chi connectivity index (χ2n) is 5.02. The minimum Gasteiger partial charge on any atom is -0.415 e. The third kappa shape index (κ3) is 4.54. The summed E-state index contributed by atoms with van der Waals surface area (Å²) >= 11 is 5.71. The van der Waals surface area contributed by atoms with E-state index in [2.05, 4.69) is 25.1 Å². The Morgan fingerprint density at radius 2 is 2.00 bits per heavy atom. The minimum atomic E-state index is -3.03. The van der Waals surface area contributed by atoms with Gasteiger partial charge in [-0.2, -0.15) is 18.9 Å². The van der Waals surface area contributed by atoms with E-state index in [0.29, 0.717) is 17.9 Å². The largest absolute Gasteiger partial charge is 0.415 e. The van der Waals surface area contributed by atoms with Gasteiger partial charge in [-0.25, -0.2) is 4.98 Å². The summed E-state index contributed by atoms with van der Waals surface area (Å²) in [5.74, 6) is -0.337. The maximum atomic E-state index is 12.3. The average molecular weight is 367 g/mol. The normalized spacial score (nSPS) is 10.9. The van der Waals surface area contributed by atoms with E-state index in [4.69, 9.17) is 17.3 Å². The van der Waals surface area contributed by atoms with Gasteiger partial charge in [0, 0.05) is 11.9 Å². The number of hydrogen-bond acceptors (Lipinski definition) is 6. The second kappa shape index (κ2) is 7.31. The molecule has 0 unspecified atom stereocenters. The molecule has 0 spiro atoms. The van der Waals surface area contributed by atoms with Gasteiger partial charge >= 0.3 is 6.61 Å². The van der Waals surface area contributed by atoms with Crippen LogP contribution in [0.25, 0.3) is 0 Å². The van der Waals surface area contributed by atoms with Crippen LogP contribution in [-0.4, -0.2) is 26.4 Å². The molecule has 0 bridgehead atoms. The number of nitrogens with two attached hydrogens (primary N) is 1. The van der Waals surface area contributed by atoms with E-state index >= 15 is 0 Å². The van der Waals surface area contributed by atoms with E-state index in [0.717, 1.165) is 5.56 Å². The molecule has 0 saturated heterocycles. The highest BCUT2D eigenvalue weighted by molar-refractivity contribution is 6.31. The molecule has 0 saturated carbocycles. The van der Waals surface area contributed by atoms with Crippen LogP contribution in [-0.2, 0) is 6.54 Å². The number of ether oxygens (including phenoxy) is 1. The van der Waals surface area contributed by atoms with Crippen LogP contribution >= 0.6 is 11.6 Å². The summed E-state index contributed by atoms with van der Waals surface area (Å²) in [6, 6.07) is 7.43. The maximum absolute atomic E-state index is 12.3. The number of anilines is 3. The lowest BCUT2D eigenvalue weighted by atomic mass is 10.2. The number of nitrogens with zero attached hydrogens (tertiary/aromatic N) is 4. The molecule has 0 fully saturated rings. The Balaban J connectivity index is 1.69. The zero-order chi connectivity index (χ0) is 17.8. The first-order valence-corrected chi connectivity index (χ1v) is 7.48. The molecule has 3 rings (SSSR count). The number of alkyl halides is 2. The molecule has 0 aliphatic rings. The lowest BCUT2D eigenvalue weighted by molar-refractivity contribution is -0.0527. The fourth-order valence-corrected chi connectivity index (χ4v) is 2.17. The van der Waals surface area contributed by atoms with Crippen molar-refractivity contribution in [1.29, 1.82) is 0 Å². The molecule has 3 N–H and O–H groups in total. The van der Waals surface area contributed by atoms with Crippen molar-refractivity contribution >= 4 is 28.9 Å². The van der Waals surface area contributed by atoms with Crippen molar-refractivity contribution in [3.63, 3.8) is 0 Å². The van der Waals surface area contributed by atoms with Gasteiger partial charge in [-0.1, -0.05) is 23.7 Å². The van der Waals surface area contributed by atoms with Gasteiger partial charge in [0.25, 0.3) is 0 Å². The van der Waals surface area contributed by atoms with Gasteiger partial charge in [0.15, 0.2) is 0 Å². The van der Waals surface area contributed by atoms with Crippen molar-refractivity contribution in [2.75, 3.05) is 11.1 Å². The summed E-state index contributed by atoms with van der Waals surface area (Å²) in [5, 5.41) is 6.95. The standard InChI is InChI=1S/C15H13ClF2N6O/c16-12-6-20-15(23-13(12)25-14(17)18)22-11-5-21-24(8-11)7-9-1-3-10(19)4-2-9/h1-6,8,14H,7,19H2,(H,20,22,23). The van der Waals surface area contributed by atoms with Gasteiger partial charge in [0.1, 0.15) is 5.02 Å². The SMILES string of the molecule is Nc1ccc(Cn2cc(Nc3ncc(Cl)c(OC(F)F)n3)cn2)cc1. The highest BCUT2D eigenvalue weighted by Crippen LogP contribution is 2.24. The molecule has 25 heavy (non-hydrogen) atoms. The Morgan fingerprint density at radius 1 is 1.24 bits per heavy atom. The van der Waals surface area contributed by atoms with Gasteiger partial charge in [-0.3, -0.25) is 4.68 Å². The topological polar surface area (TPSA) is 90.9 Å². The molecular weight excluding hydrogens is 354 g/mol. The monoisotopic (exact) mass is 366 g/mol. The highest BCUT2D eigenvalue weighted by atomic mass is 35.5. The predicted octanol–water partition coefficient (Wildman–Crippen LogP) is 3.30. The summed E-state index contributed by atoms with van der Waals surface area (Å²) in [6.45, 7) is -2.48. The highest BCUT2D eigenvalue weighted by Gasteiger charge is 2.12. The molecule has 2 heterocycles. The van der Waals surface area contributed by atoms with Crippen LogP contribution in [0.3, 0.4) is 0 Å². The van der Waals surface area contributed by atoms with Crippen LogP contribution in [0.1, 0.15) is 5.56 Å². The summed E-state index contributed by atoms with van der Waals surface area (Å²) in [7, 11) is 0. The zero-order valence-electron chi connectivity index (χ0n) is 12.7. The Morgan fingerprint density at radius 3 is 2.72 bits per heavy atom. The first-order chi connectivity index (χ1) is 12.0. The molecular formula is C15H13ClF2N6O. The average Bonchev–Trinajstić information content (AvgIpc) is 2.99. The lowest BCUT2D eigenvalue weighted by Gasteiger charge is -2.07. The molecule has 130 valence electrons. The van der Waals surface area contributed by atoms with Crippen molar-refractivity contribution < 1.29 is 13.5 Å². The summed E-state index contributed by atoms with van der Waals surface area (Å²) in [4.78, 5) is 7.72. The molecule has 1 aromatic carbocycles. The van der Waals surface area contributed by atoms with Crippen molar-refractivity contribution in [3.05, 3.63) is 53.4 Å². The maximum Gasteiger partial charge on any atom is 0.388 e. The predicted molar refractivity (Wildman–Crippen MR) is 89.1 cm³/mol. The first-order valence-electron chi connectivity index (χ1n) is 7.11. The van der Waals surface area contributed by atoms with E-state index in [9.17, 15) is 8.78 Å². The van der Waals surface area contributed by atoms with E-state index in [1.807, 2.05) is 24.3 Å². The van der Waals surface area contributed by atoms with Gasteiger partial charge in [-0.15, -0.1) is 0 Å². The number of benzene rings is 1. The smallest absolute Gasteiger partial charge is 0.388 e. The Bertz CT molecular complexity index is 855. The molecule has 7 nitrogen and oxygen atoms in total. The molecule has 2 aromatic heterocycles. The van der Waals surface area contributed by atoms with Gasteiger partial charge < -0.3 is 15.8 Å². The van der Waals surface area contributed by atoms with Crippen molar-refractivity contribution in [1.82, 2.24) is 19.7 Å². The van der Waals surface area contributed by atoms with Gasteiger partial charge in [0.05, 0.1) is 24.6 Å². The molecule has 0 aliphatic heterocycles. The molecule has 10 heteroatoms. The third-order valence-corrected chi connectivity index (χ3v) is 3.39. The summed E-state index contributed by atoms with van der Waals surface area (Å²) in [6.07, 6.45) is 4.46. The van der Waals surface area contributed by atoms with E-state index < -0.39 is 12.5 Å². The molecule has 0 atom stereocenters. The Hall–Kier alpha value is -2.94. The molecule has 0 aliphatic carbocycles. The fourth-order valence-electron chi connectivity index (χ4n) is 2.03. The second-order valence-corrected chi connectivity index (χ2v) is 5.43. The third-order valence-electron chi connectivity index (χ3n) is 3.13. The number of halogens is 3. The van der Waals surface area contributed by atoms with E-state index in [1.165, 1.54) is 6.20 Å². The molecule has 0 radical (unpaired) electrons. The van der Waals surface area contributed by atoms with Gasteiger partial charge in [0.2, 0.25) is 11.8 Å². The Labute approximate surface area is 146 Å². The van der Waals surface area contributed by atoms with Crippen LogP contribution in [0.4, 0.5) is 26.1 Å².